The number of carbonyl (C=O) groups excluding carboxylic acids is 4. The van der Waals surface area contributed by atoms with Crippen LogP contribution in [0.2, 0.25) is 0 Å². The maximum Gasteiger partial charge on any atom is 0.338 e. The number of hydrogen-bond acceptors (Lipinski definition) is 7. The van der Waals surface area contributed by atoms with Crippen LogP contribution in [0.3, 0.4) is 0 Å². The van der Waals surface area contributed by atoms with Crippen LogP contribution in [0.5, 0.6) is 5.75 Å². The van der Waals surface area contributed by atoms with E-state index < -0.39 is 29.9 Å². The Bertz CT molecular complexity index is 1280. The Kier molecular flexibility index (Phi) is 7.65. The zero-order valence-electron chi connectivity index (χ0n) is 19.8. The van der Waals surface area contributed by atoms with Gasteiger partial charge < -0.3 is 19.7 Å². The first-order valence-corrected chi connectivity index (χ1v) is 12.2. The summed E-state index contributed by atoms with van der Waals surface area (Å²) in [6, 6.07) is 15.2. The van der Waals surface area contributed by atoms with Gasteiger partial charge in [-0.3, -0.25) is 9.59 Å². The number of anilines is 2. The third kappa shape index (κ3) is 5.38. The SMILES string of the molecule is CCOC(=O)c1cccc(NC(=O)C[C@@H]2C(=O)N(c3cccc(OC)c3)C(=O)N2Cc2cccs2)c1. The number of amides is 4. The number of carbonyl (C=O) groups is 4. The van der Waals surface area contributed by atoms with Gasteiger partial charge in [-0.2, -0.15) is 0 Å². The molecule has 0 saturated carbocycles. The number of nitrogens with one attached hydrogen (secondary N) is 1. The highest BCUT2D eigenvalue weighted by molar-refractivity contribution is 7.09. The normalized spacial score (nSPS) is 15.2. The number of methoxy groups -OCH3 is 1. The minimum Gasteiger partial charge on any atom is -0.497 e. The molecule has 9 nitrogen and oxygen atoms in total. The first kappa shape index (κ1) is 24.9. The molecule has 1 fully saturated rings. The van der Waals surface area contributed by atoms with Crippen LogP contribution in [0, 0.1) is 0 Å². The van der Waals surface area contributed by atoms with Crippen LogP contribution >= 0.6 is 11.3 Å². The molecule has 186 valence electrons. The van der Waals surface area contributed by atoms with E-state index >= 15 is 0 Å². The molecule has 2 heterocycles. The molecule has 3 aromatic rings. The number of imide groups is 1. The summed E-state index contributed by atoms with van der Waals surface area (Å²) in [7, 11) is 1.50. The molecule has 0 aliphatic carbocycles. The van der Waals surface area contributed by atoms with Crippen LogP contribution in [0.15, 0.2) is 66.0 Å². The number of rotatable bonds is 9. The minimum atomic E-state index is -1.00. The van der Waals surface area contributed by atoms with Gasteiger partial charge in [-0.15, -0.1) is 11.3 Å². The largest absolute Gasteiger partial charge is 0.497 e. The number of ether oxygens (including phenoxy) is 2. The summed E-state index contributed by atoms with van der Waals surface area (Å²) >= 11 is 1.46. The van der Waals surface area contributed by atoms with Gasteiger partial charge in [0.25, 0.3) is 5.91 Å². The van der Waals surface area contributed by atoms with Crippen molar-refractivity contribution in [1.82, 2.24) is 4.90 Å². The molecular weight excluding hydrogens is 482 g/mol. The lowest BCUT2D eigenvalue weighted by molar-refractivity contribution is -0.124. The maximum absolute atomic E-state index is 13.4. The van der Waals surface area contributed by atoms with Gasteiger partial charge in [-0.25, -0.2) is 14.5 Å². The molecule has 2 aromatic carbocycles. The summed E-state index contributed by atoms with van der Waals surface area (Å²) in [5.74, 6) is -0.965. The van der Waals surface area contributed by atoms with E-state index in [1.165, 1.54) is 29.4 Å². The molecule has 0 spiro atoms. The van der Waals surface area contributed by atoms with Crippen molar-refractivity contribution in [2.24, 2.45) is 0 Å². The van der Waals surface area contributed by atoms with E-state index in [9.17, 15) is 19.2 Å². The number of benzene rings is 2. The quantitative estimate of drug-likeness (QED) is 0.342. The first-order chi connectivity index (χ1) is 17.4. The fraction of sp³-hybridized carbons (Fsp3) is 0.231. The van der Waals surface area contributed by atoms with Crippen LogP contribution < -0.4 is 15.0 Å². The fourth-order valence-electron chi connectivity index (χ4n) is 3.90. The summed E-state index contributed by atoms with van der Waals surface area (Å²) in [5, 5.41) is 4.61. The predicted octanol–water partition coefficient (Wildman–Crippen LogP) is 4.30. The van der Waals surface area contributed by atoms with Crippen LogP contribution in [0.1, 0.15) is 28.6 Å². The highest BCUT2D eigenvalue weighted by Gasteiger charge is 2.46. The topological polar surface area (TPSA) is 105 Å². The second-order valence-corrected chi connectivity index (χ2v) is 8.97. The monoisotopic (exact) mass is 507 g/mol. The van der Waals surface area contributed by atoms with Gasteiger partial charge in [0.05, 0.1) is 37.9 Å². The molecule has 0 unspecified atom stereocenters. The highest BCUT2D eigenvalue weighted by atomic mass is 32.1. The molecule has 10 heteroatoms. The summed E-state index contributed by atoms with van der Waals surface area (Å²) in [6.07, 6.45) is -0.250. The molecule has 1 aliphatic heterocycles. The van der Waals surface area contributed by atoms with Crippen molar-refractivity contribution in [3.63, 3.8) is 0 Å². The lowest BCUT2D eigenvalue weighted by atomic mass is 10.1. The van der Waals surface area contributed by atoms with Crippen molar-refractivity contribution in [2.45, 2.75) is 25.9 Å². The van der Waals surface area contributed by atoms with Crippen molar-refractivity contribution in [2.75, 3.05) is 23.9 Å². The number of thiophene rings is 1. The van der Waals surface area contributed by atoms with Crippen molar-refractivity contribution >= 4 is 46.5 Å². The van der Waals surface area contributed by atoms with E-state index in [4.69, 9.17) is 9.47 Å². The van der Waals surface area contributed by atoms with Gasteiger partial charge >= 0.3 is 12.0 Å². The molecule has 4 amide bonds. The predicted molar refractivity (Wildman–Crippen MR) is 135 cm³/mol. The van der Waals surface area contributed by atoms with Gasteiger partial charge in [0, 0.05) is 16.6 Å². The van der Waals surface area contributed by atoms with Crippen molar-refractivity contribution in [3.05, 3.63) is 76.5 Å². The maximum atomic E-state index is 13.4. The Balaban J connectivity index is 1.56. The van der Waals surface area contributed by atoms with E-state index in [1.807, 2.05) is 17.5 Å². The lowest BCUT2D eigenvalue weighted by Crippen LogP contribution is -2.37. The lowest BCUT2D eigenvalue weighted by Gasteiger charge is -2.21. The zero-order chi connectivity index (χ0) is 25.7. The molecule has 0 radical (unpaired) electrons. The molecule has 1 atom stereocenters. The van der Waals surface area contributed by atoms with E-state index in [-0.39, 0.29) is 19.6 Å². The van der Waals surface area contributed by atoms with E-state index in [0.717, 1.165) is 9.78 Å². The zero-order valence-corrected chi connectivity index (χ0v) is 20.6. The molecule has 1 aliphatic rings. The van der Waals surface area contributed by atoms with Crippen molar-refractivity contribution < 1.29 is 28.7 Å². The Morgan fingerprint density at radius 2 is 1.86 bits per heavy atom. The van der Waals surface area contributed by atoms with E-state index in [2.05, 4.69) is 5.32 Å². The molecule has 0 bridgehead atoms. The van der Waals surface area contributed by atoms with Gasteiger partial charge in [0.1, 0.15) is 11.8 Å². The number of hydrogen-bond donors (Lipinski definition) is 1. The van der Waals surface area contributed by atoms with Gasteiger partial charge in [-0.05, 0) is 48.7 Å². The van der Waals surface area contributed by atoms with E-state index in [1.54, 1.807) is 49.4 Å². The molecule has 1 saturated heterocycles. The van der Waals surface area contributed by atoms with Crippen LogP contribution in [0.4, 0.5) is 16.2 Å². The summed E-state index contributed by atoms with van der Waals surface area (Å²) in [5.41, 5.74) is 1.05. The standard InChI is InChI=1S/C26H25N3O6S/c1-3-35-25(32)17-7-4-8-18(13-17)27-23(30)15-22-24(31)29(19-9-5-10-20(14-19)34-2)26(33)28(22)16-21-11-6-12-36-21/h4-14,22H,3,15-16H2,1-2H3,(H,27,30)/t22-/m1/s1. The number of esters is 1. The van der Waals surface area contributed by atoms with Crippen LogP contribution in [-0.4, -0.2) is 48.5 Å². The van der Waals surface area contributed by atoms with Crippen molar-refractivity contribution in [3.8, 4) is 5.75 Å². The Hall–Kier alpha value is -4.18. The van der Waals surface area contributed by atoms with E-state index in [0.29, 0.717) is 22.7 Å². The molecule has 1 N–H and O–H groups in total. The Morgan fingerprint density at radius 1 is 1.06 bits per heavy atom. The third-order valence-corrected chi connectivity index (χ3v) is 6.43. The van der Waals surface area contributed by atoms with Crippen LogP contribution in [0.25, 0.3) is 0 Å². The number of nitrogens with zero attached hydrogens (tertiary/aromatic N) is 2. The summed E-state index contributed by atoms with van der Waals surface area (Å²) < 4.78 is 10.2. The fourth-order valence-corrected chi connectivity index (χ4v) is 4.60. The molecule has 4 rings (SSSR count). The smallest absolute Gasteiger partial charge is 0.338 e. The average molecular weight is 508 g/mol. The first-order valence-electron chi connectivity index (χ1n) is 11.3. The second-order valence-electron chi connectivity index (χ2n) is 7.93. The summed E-state index contributed by atoms with van der Waals surface area (Å²) in [4.78, 5) is 55.2. The third-order valence-electron chi connectivity index (χ3n) is 5.57. The summed E-state index contributed by atoms with van der Waals surface area (Å²) in [6.45, 7) is 2.14. The minimum absolute atomic E-state index is 0.193. The van der Waals surface area contributed by atoms with Crippen LogP contribution in [-0.2, 0) is 20.9 Å². The number of urea groups is 1. The van der Waals surface area contributed by atoms with Gasteiger partial charge in [0.2, 0.25) is 5.91 Å². The van der Waals surface area contributed by atoms with Gasteiger partial charge in [0.15, 0.2) is 0 Å². The average Bonchev–Trinajstić information content (AvgIpc) is 3.47. The Labute approximate surface area is 212 Å². The highest BCUT2D eigenvalue weighted by Crippen LogP contribution is 2.31. The second kappa shape index (κ2) is 11.0. The molecule has 36 heavy (non-hydrogen) atoms. The van der Waals surface area contributed by atoms with Gasteiger partial charge in [-0.1, -0.05) is 18.2 Å². The van der Waals surface area contributed by atoms with Crippen molar-refractivity contribution in [1.29, 1.82) is 0 Å². The molecular formula is C26H25N3O6S. The Morgan fingerprint density at radius 3 is 2.58 bits per heavy atom. The molecule has 1 aromatic heterocycles.